The quantitative estimate of drug-likeness (QED) is 0.494. The van der Waals surface area contributed by atoms with Crippen LogP contribution in [0.15, 0.2) is 78.9 Å². The van der Waals surface area contributed by atoms with Gasteiger partial charge in [0.15, 0.2) is 0 Å². The number of hydrogen-bond acceptors (Lipinski definition) is 1. The fourth-order valence-corrected chi connectivity index (χ4v) is 3.93. The highest BCUT2D eigenvalue weighted by Gasteiger charge is 2.27. The zero-order chi connectivity index (χ0) is 16.8. The third-order valence-corrected chi connectivity index (χ3v) is 5.17. The Morgan fingerprint density at radius 3 is 2.36 bits per heavy atom. The third kappa shape index (κ3) is 2.30. The Hall–Kier alpha value is -3.13. The fraction of sp³-hybridized carbons (Fsp3) is 0.0870. The van der Waals surface area contributed by atoms with Gasteiger partial charge < -0.3 is 5.32 Å². The number of hydrogen-bond donors (Lipinski definition) is 1. The van der Waals surface area contributed by atoms with Gasteiger partial charge in [-0.3, -0.25) is 4.79 Å². The maximum absolute atomic E-state index is 12.4. The molecule has 120 valence electrons. The molecular weight excluding hydrogens is 306 g/mol. The summed E-state index contributed by atoms with van der Waals surface area (Å²) in [5.74, 6) is 0.181. The molecular formula is C23H17NO. The summed E-state index contributed by atoms with van der Waals surface area (Å²) in [6.45, 7) is 0. The molecule has 0 bridgehead atoms. The van der Waals surface area contributed by atoms with Crippen molar-refractivity contribution in [2.75, 3.05) is 5.32 Å². The lowest BCUT2D eigenvalue weighted by Gasteiger charge is -2.27. The van der Waals surface area contributed by atoms with Gasteiger partial charge in [-0.05, 0) is 27.3 Å². The first-order valence-corrected chi connectivity index (χ1v) is 8.60. The summed E-state index contributed by atoms with van der Waals surface area (Å²) in [7, 11) is 0. The Balaban J connectivity index is 1.72. The number of benzene rings is 4. The van der Waals surface area contributed by atoms with Crippen LogP contribution in [0.4, 0.5) is 5.69 Å². The Kier molecular flexibility index (Phi) is 3.10. The zero-order valence-corrected chi connectivity index (χ0v) is 13.7. The summed E-state index contributed by atoms with van der Waals surface area (Å²) in [4.78, 5) is 12.4. The molecule has 0 radical (unpaired) electrons. The summed E-state index contributed by atoms with van der Waals surface area (Å²) in [6.07, 6.45) is 0.490. The predicted molar refractivity (Wildman–Crippen MR) is 103 cm³/mol. The largest absolute Gasteiger partial charge is 0.325 e. The molecule has 1 amide bonds. The number of anilines is 1. The molecule has 1 N–H and O–H groups in total. The number of amides is 1. The van der Waals surface area contributed by atoms with Crippen LogP contribution in [0.25, 0.3) is 21.5 Å². The van der Waals surface area contributed by atoms with Crippen molar-refractivity contribution in [2.45, 2.75) is 12.3 Å². The molecule has 0 aromatic heterocycles. The topological polar surface area (TPSA) is 29.1 Å². The molecule has 0 unspecified atom stereocenters. The van der Waals surface area contributed by atoms with E-state index in [1.54, 1.807) is 0 Å². The molecule has 4 aromatic rings. The van der Waals surface area contributed by atoms with Crippen LogP contribution in [0.3, 0.4) is 0 Å². The first-order valence-electron chi connectivity index (χ1n) is 8.60. The van der Waals surface area contributed by atoms with Crippen LogP contribution in [0.2, 0.25) is 0 Å². The minimum Gasteiger partial charge on any atom is -0.325 e. The highest BCUT2D eigenvalue weighted by atomic mass is 16.1. The average molecular weight is 323 g/mol. The Bertz CT molecular complexity index is 1130. The smallest absolute Gasteiger partial charge is 0.225 e. The fourth-order valence-electron chi connectivity index (χ4n) is 3.93. The Morgan fingerprint density at radius 2 is 1.48 bits per heavy atom. The molecule has 0 aliphatic carbocycles. The van der Waals surface area contributed by atoms with Gasteiger partial charge in [-0.15, -0.1) is 0 Å². The second-order valence-corrected chi connectivity index (χ2v) is 6.66. The van der Waals surface area contributed by atoms with Gasteiger partial charge in [-0.2, -0.15) is 0 Å². The molecule has 1 aliphatic heterocycles. The first-order chi connectivity index (χ1) is 12.3. The summed E-state index contributed by atoms with van der Waals surface area (Å²) < 4.78 is 0. The van der Waals surface area contributed by atoms with Gasteiger partial charge in [0.25, 0.3) is 0 Å². The van der Waals surface area contributed by atoms with Crippen molar-refractivity contribution in [3.63, 3.8) is 0 Å². The predicted octanol–water partition coefficient (Wildman–Crippen LogP) is 5.47. The summed E-state index contributed by atoms with van der Waals surface area (Å²) in [6, 6.07) is 27.4. The highest BCUT2D eigenvalue weighted by Crippen LogP contribution is 2.41. The molecule has 2 nitrogen and oxygen atoms in total. The van der Waals surface area contributed by atoms with Crippen LogP contribution in [0, 0.1) is 0 Å². The molecule has 0 fully saturated rings. The molecule has 4 aromatic carbocycles. The van der Waals surface area contributed by atoms with Crippen LogP contribution in [-0.4, -0.2) is 5.91 Å². The number of fused-ring (bicyclic) bond motifs is 4. The average Bonchev–Trinajstić information content (AvgIpc) is 2.67. The van der Waals surface area contributed by atoms with Crippen LogP contribution < -0.4 is 5.32 Å². The van der Waals surface area contributed by atoms with Crippen molar-refractivity contribution in [1.29, 1.82) is 0 Å². The molecule has 0 saturated carbocycles. The molecule has 1 heterocycles. The van der Waals surface area contributed by atoms with E-state index < -0.39 is 0 Å². The number of carbonyl (C=O) groups excluding carboxylic acids is 1. The highest BCUT2D eigenvalue weighted by molar-refractivity contribution is 6.06. The van der Waals surface area contributed by atoms with Crippen LogP contribution in [0.1, 0.15) is 23.5 Å². The van der Waals surface area contributed by atoms with Crippen LogP contribution >= 0.6 is 0 Å². The molecule has 1 aliphatic rings. The van der Waals surface area contributed by atoms with Crippen molar-refractivity contribution in [1.82, 2.24) is 0 Å². The number of nitrogens with one attached hydrogen (secondary N) is 1. The molecule has 2 heteroatoms. The summed E-state index contributed by atoms with van der Waals surface area (Å²) >= 11 is 0. The van der Waals surface area contributed by atoms with Crippen molar-refractivity contribution in [3.8, 4) is 0 Å². The maximum Gasteiger partial charge on any atom is 0.225 e. The van der Waals surface area contributed by atoms with E-state index in [0.29, 0.717) is 6.42 Å². The van der Waals surface area contributed by atoms with E-state index >= 15 is 0 Å². The van der Waals surface area contributed by atoms with Crippen LogP contribution in [0.5, 0.6) is 0 Å². The summed E-state index contributed by atoms with van der Waals surface area (Å²) in [5.41, 5.74) is 3.37. The molecule has 1 atom stereocenters. The van der Waals surface area contributed by atoms with E-state index in [1.807, 2.05) is 12.1 Å². The second kappa shape index (κ2) is 5.45. The SMILES string of the molecule is O=C1C[C@H](c2ccc3ccccc3c2)c2ccc3ccccc3c2N1. The van der Waals surface area contributed by atoms with Crippen LogP contribution in [-0.2, 0) is 4.79 Å². The lowest BCUT2D eigenvalue weighted by atomic mass is 9.83. The number of carbonyl (C=O) groups is 1. The number of rotatable bonds is 1. The van der Waals surface area contributed by atoms with Crippen molar-refractivity contribution < 1.29 is 4.79 Å². The minimum absolute atomic E-state index is 0.0852. The zero-order valence-electron chi connectivity index (χ0n) is 13.7. The van der Waals surface area contributed by atoms with E-state index in [1.165, 1.54) is 21.9 Å². The van der Waals surface area contributed by atoms with Gasteiger partial charge in [0.05, 0.1) is 5.69 Å². The maximum atomic E-state index is 12.4. The van der Waals surface area contributed by atoms with Gasteiger partial charge in [-0.1, -0.05) is 78.9 Å². The molecule has 5 rings (SSSR count). The molecule has 0 spiro atoms. The lowest BCUT2D eigenvalue weighted by molar-refractivity contribution is -0.116. The Morgan fingerprint density at radius 1 is 0.760 bits per heavy atom. The van der Waals surface area contributed by atoms with Gasteiger partial charge >= 0.3 is 0 Å². The van der Waals surface area contributed by atoms with Crippen molar-refractivity contribution in [2.24, 2.45) is 0 Å². The standard InChI is InChI=1S/C23H17NO/c25-22-14-21(18-10-9-15-5-1-2-7-17(15)13-18)20-12-11-16-6-3-4-8-19(16)23(20)24-22/h1-13,21H,14H2,(H,24,25)/t21-/m1/s1. The first kappa shape index (κ1) is 14.2. The van der Waals surface area contributed by atoms with Crippen molar-refractivity contribution >= 4 is 33.1 Å². The lowest BCUT2D eigenvalue weighted by Crippen LogP contribution is -2.23. The molecule has 25 heavy (non-hydrogen) atoms. The second-order valence-electron chi connectivity index (χ2n) is 6.66. The van der Waals surface area contributed by atoms with Gasteiger partial charge in [0, 0.05) is 17.7 Å². The van der Waals surface area contributed by atoms with E-state index in [-0.39, 0.29) is 11.8 Å². The normalized spacial score (nSPS) is 16.6. The van der Waals surface area contributed by atoms with E-state index in [4.69, 9.17) is 0 Å². The van der Waals surface area contributed by atoms with E-state index in [9.17, 15) is 4.79 Å². The van der Waals surface area contributed by atoms with Gasteiger partial charge in [0.2, 0.25) is 5.91 Å². The summed E-state index contributed by atoms with van der Waals surface area (Å²) in [5, 5.41) is 7.81. The monoisotopic (exact) mass is 323 g/mol. The van der Waals surface area contributed by atoms with Gasteiger partial charge in [-0.25, -0.2) is 0 Å². The van der Waals surface area contributed by atoms with Crippen molar-refractivity contribution in [3.05, 3.63) is 90.0 Å². The molecule has 0 saturated heterocycles. The van der Waals surface area contributed by atoms with E-state index in [2.05, 4.69) is 72.0 Å². The van der Waals surface area contributed by atoms with E-state index in [0.717, 1.165) is 16.5 Å². The minimum atomic E-state index is 0.0852. The third-order valence-electron chi connectivity index (χ3n) is 5.17. The Labute approximate surface area is 146 Å². The van der Waals surface area contributed by atoms with Gasteiger partial charge in [0.1, 0.15) is 0 Å².